The molecular weight excluding hydrogens is 166 g/mol. The summed E-state index contributed by atoms with van der Waals surface area (Å²) in [4.78, 5) is 11.7. The predicted octanol–water partition coefficient (Wildman–Crippen LogP) is -0.0458. The van der Waals surface area contributed by atoms with Crippen molar-refractivity contribution in [3.63, 3.8) is 0 Å². The lowest BCUT2D eigenvalue weighted by atomic mass is 9.62. The van der Waals surface area contributed by atoms with E-state index in [-0.39, 0.29) is 11.3 Å². The van der Waals surface area contributed by atoms with Crippen LogP contribution in [0.4, 0.5) is 0 Å². The highest BCUT2D eigenvalue weighted by Crippen LogP contribution is 2.44. The Morgan fingerprint density at radius 1 is 1.62 bits per heavy atom. The zero-order chi connectivity index (χ0) is 10.1. The average molecular weight is 185 g/mol. The SMILES string of the molecule is CC1CC(CN)(C(=O)NN(C)C)C1. The average Bonchev–Trinajstić information content (AvgIpc) is 1.96. The predicted molar refractivity (Wildman–Crippen MR) is 51.7 cm³/mol. The Hall–Kier alpha value is -0.610. The lowest BCUT2D eigenvalue weighted by Gasteiger charge is -2.44. The maximum Gasteiger partial charge on any atom is 0.241 e. The summed E-state index contributed by atoms with van der Waals surface area (Å²) in [5.41, 5.74) is 8.11. The van der Waals surface area contributed by atoms with Crippen molar-refractivity contribution in [3.8, 4) is 0 Å². The fourth-order valence-electron chi connectivity index (χ4n) is 2.04. The molecule has 0 aromatic heterocycles. The van der Waals surface area contributed by atoms with Crippen LogP contribution in [0.3, 0.4) is 0 Å². The second kappa shape index (κ2) is 3.64. The van der Waals surface area contributed by atoms with Gasteiger partial charge in [0.2, 0.25) is 5.91 Å². The van der Waals surface area contributed by atoms with Crippen LogP contribution >= 0.6 is 0 Å². The standard InChI is InChI=1S/C9H19N3O/c1-7-4-9(5-7,6-10)8(13)11-12(2)3/h7H,4-6,10H2,1-3H3,(H,11,13). The Kier molecular flexibility index (Phi) is 2.93. The van der Waals surface area contributed by atoms with Gasteiger partial charge >= 0.3 is 0 Å². The molecule has 1 amide bonds. The van der Waals surface area contributed by atoms with E-state index >= 15 is 0 Å². The Morgan fingerprint density at radius 3 is 2.46 bits per heavy atom. The summed E-state index contributed by atoms with van der Waals surface area (Å²) in [6.07, 6.45) is 1.84. The van der Waals surface area contributed by atoms with Crippen molar-refractivity contribution in [2.75, 3.05) is 20.6 Å². The molecule has 0 unspecified atom stereocenters. The Bertz CT molecular complexity index is 197. The molecule has 0 aromatic carbocycles. The second-order valence-electron chi connectivity index (χ2n) is 4.33. The Morgan fingerprint density at radius 2 is 2.15 bits per heavy atom. The number of hydrazine groups is 1. The summed E-state index contributed by atoms with van der Waals surface area (Å²) in [6.45, 7) is 2.61. The second-order valence-corrected chi connectivity index (χ2v) is 4.33. The fourth-order valence-corrected chi connectivity index (χ4v) is 2.04. The van der Waals surface area contributed by atoms with Crippen LogP contribution in [0, 0.1) is 11.3 Å². The van der Waals surface area contributed by atoms with Gasteiger partial charge in [-0.2, -0.15) is 0 Å². The van der Waals surface area contributed by atoms with Gasteiger partial charge in [0.25, 0.3) is 0 Å². The molecule has 1 aliphatic rings. The maximum atomic E-state index is 11.7. The van der Waals surface area contributed by atoms with Crippen molar-refractivity contribution in [2.24, 2.45) is 17.1 Å². The van der Waals surface area contributed by atoms with E-state index in [1.54, 1.807) is 5.01 Å². The van der Waals surface area contributed by atoms with Crippen LogP contribution in [0.5, 0.6) is 0 Å². The van der Waals surface area contributed by atoms with Crippen molar-refractivity contribution in [3.05, 3.63) is 0 Å². The van der Waals surface area contributed by atoms with Gasteiger partial charge in [-0.05, 0) is 18.8 Å². The monoisotopic (exact) mass is 185 g/mol. The molecule has 1 rings (SSSR count). The lowest BCUT2D eigenvalue weighted by molar-refractivity contribution is -0.142. The number of rotatable bonds is 3. The Labute approximate surface area is 79.4 Å². The molecule has 0 aliphatic heterocycles. The van der Waals surface area contributed by atoms with E-state index in [1.165, 1.54) is 0 Å². The molecule has 1 aliphatic carbocycles. The zero-order valence-corrected chi connectivity index (χ0v) is 8.63. The van der Waals surface area contributed by atoms with Crippen LogP contribution in [0.25, 0.3) is 0 Å². The maximum absolute atomic E-state index is 11.7. The van der Waals surface area contributed by atoms with Gasteiger partial charge in [0.15, 0.2) is 0 Å². The minimum atomic E-state index is -0.288. The van der Waals surface area contributed by atoms with E-state index < -0.39 is 0 Å². The van der Waals surface area contributed by atoms with Crippen LogP contribution in [0.15, 0.2) is 0 Å². The number of nitrogens with two attached hydrogens (primary N) is 1. The smallest absolute Gasteiger partial charge is 0.241 e. The van der Waals surface area contributed by atoms with Gasteiger partial charge in [0.1, 0.15) is 0 Å². The summed E-state index contributed by atoms with van der Waals surface area (Å²) >= 11 is 0. The van der Waals surface area contributed by atoms with Gasteiger partial charge in [-0.1, -0.05) is 6.92 Å². The molecule has 0 radical (unpaired) electrons. The highest BCUT2D eigenvalue weighted by molar-refractivity contribution is 5.83. The molecule has 0 bridgehead atoms. The third-order valence-corrected chi connectivity index (χ3v) is 2.68. The molecule has 0 atom stereocenters. The van der Waals surface area contributed by atoms with E-state index in [1.807, 2.05) is 14.1 Å². The third-order valence-electron chi connectivity index (χ3n) is 2.68. The number of carbonyl (C=O) groups is 1. The summed E-state index contributed by atoms with van der Waals surface area (Å²) in [7, 11) is 3.62. The molecule has 4 heteroatoms. The van der Waals surface area contributed by atoms with Gasteiger partial charge in [0, 0.05) is 20.6 Å². The van der Waals surface area contributed by atoms with Crippen molar-refractivity contribution < 1.29 is 4.79 Å². The van der Waals surface area contributed by atoms with Crippen molar-refractivity contribution in [1.82, 2.24) is 10.4 Å². The number of amides is 1. The van der Waals surface area contributed by atoms with Gasteiger partial charge in [0.05, 0.1) is 5.41 Å². The first kappa shape index (κ1) is 10.5. The van der Waals surface area contributed by atoms with Crippen LogP contribution in [0.1, 0.15) is 19.8 Å². The van der Waals surface area contributed by atoms with E-state index in [0.717, 1.165) is 12.8 Å². The number of nitrogens with zero attached hydrogens (tertiary/aromatic N) is 1. The molecular formula is C9H19N3O. The topological polar surface area (TPSA) is 58.4 Å². The fraction of sp³-hybridized carbons (Fsp3) is 0.889. The largest absolute Gasteiger partial charge is 0.329 e. The van der Waals surface area contributed by atoms with Crippen molar-refractivity contribution in [2.45, 2.75) is 19.8 Å². The number of nitrogens with one attached hydrogen (secondary N) is 1. The molecule has 76 valence electrons. The molecule has 0 spiro atoms. The summed E-state index contributed by atoms with van der Waals surface area (Å²) in [6, 6.07) is 0. The van der Waals surface area contributed by atoms with Crippen LogP contribution in [-0.2, 0) is 4.79 Å². The van der Waals surface area contributed by atoms with Gasteiger partial charge in [-0.3, -0.25) is 10.2 Å². The Balaban J connectivity index is 2.53. The summed E-state index contributed by atoms with van der Waals surface area (Å²) in [5.74, 6) is 0.703. The molecule has 13 heavy (non-hydrogen) atoms. The van der Waals surface area contributed by atoms with E-state index in [9.17, 15) is 4.79 Å². The number of carbonyl (C=O) groups excluding carboxylic acids is 1. The number of hydrogen-bond acceptors (Lipinski definition) is 3. The van der Waals surface area contributed by atoms with Crippen molar-refractivity contribution >= 4 is 5.91 Å². The van der Waals surface area contributed by atoms with Crippen LogP contribution in [0.2, 0.25) is 0 Å². The van der Waals surface area contributed by atoms with Gasteiger partial charge in [-0.25, -0.2) is 5.01 Å². The number of hydrogen-bond donors (Lipinski definition) is 2. The van der Waals surface area contributed by atoms with Crippen LogP contribution < -0.4 is 11.2 Å². The molecule has 1 saturated carbocycles. The van der Waals surface area contributed by atoms with Crippen LogP contribution in [-0.4, -0.2) is 31.6 Å². The summed E-state index contributed by atoms with van der Waals surface area (Å²) < 4.78 is 0. The van der Waals surface area contributed by atoms with E-state index in [4.69, 9.17) is 5.73 Å². The highest BCUT2D eigenvalue weighted by atomic mass is 16.2. The van der Waals surface area contributed by atoms with E-state index in [2.05, 4.69) is 12.3 Å². The molecule has 3 N–H and O–H groups in total. The lowest BCUT2D eigenvalue weighted by Crippen LogP contribution is -2.55. The van der Waals surface area contributed by atoms with E-state index in [0.29, 0.717) is 12.5 Å². The first-order valence-electron chi connectivity index (χ1n) is 4.68. The zero-order valence-electron chi connectivity index (χ0n) is 8.63. The molecule has 0 saturated heterocycles. The minimum absolute atomic E-state index is 0.0677. The third kappa shape index (κ3) is 2.00. The van der Waals surface area contributed by atoms with Gasteiger partial charge < -0.3 is 5.73 Å². The highest BCUT2D eigenvalue weighted by Gasteiger charge is 2.47. The molecule has 0 heterocycles. The summed E-state index contributed by atoms with van der Waals surface area (Å²) in [5, 5.41) is 1.67. The molecule has 1 fully saturated rings. The van der Waals surface area contributed by atoms with Gasteiger partial charge in [-0.15, -0.1) is 0 Å². The first-order valence-corrected chi connectivity index (χ1v) is 4.68. The molecule has 0 aromatic rings. The normalized spacial score (nSPS) is 32.8. The quantitative estimate of drug-likeness (QED) is 0.606. The first-order chi connectivity index (χ1) is 6.00. The van der Waals surface area contributed by atoms with Crippen molar-refractivity contribution in [1.29, 1.82) is 0 Å². The molecule has 4 nitrogen and oxygen atoms in total. The minimum Gasteiger partial charge on any atom is -0.329 e.